The Kier molecular flexibility index (Phi) is 119. The maximum atomic E-state index is 0. The van der Waals surface area contributed by atoms with Crippen molar-refractivity contribution in [2.75, 3.05) is 0 Å². The van der Waals surface area contributed by atoms with E-state index in [1.165, 1.54) is 0 Å². The molecule has 0 bridgehead atoms. The van der Waals surface area contributed by atoms with Crippen LogP contribution in [-0.4, -0.2) is 24.4 Å². The van der Waals surface area contributed by atoms with Crippen molar-refractivity contribution in [3.63, 3.8) is 0 Å². The molecule has 4 heavy (non-hydrogen) atoms. The molecule has 26 valence electrons. The fraction of sp³-hybridized carbons (Fsp3) is 0. The van der Waals surface area contributed by atoms with Gasteiger partial charge in [-0.1, -0.05) is 0 Å². The van der Waals surface area contributed by atoms with Crippen molar-refractivity contribution >= 4 is 24.4 Å². The molecule has 0 nitrogen and oxygen atoms in total. The van der Waals surface area contributed by atoms with Crippen LogP contribution in [0.15, 0.2) is 0 Å². The van der Waals surface area contributed by atoms with Crippen molar-refractivity contribution in [3.05, 3.63) is 0 Å². The fourth-order valence-corrected chi connectivity index (χ4v) is 0. The Labute approximate surface area is 87.1 Å². The minimum absolute atomic E-state index is 0. The summed E-state index contributed by atoms with van der Waals surface area (Å²) in [6, 6.07) is 0. The summed E-state index contributed by atoms with van der Waals surface area (Å²) in [5, 5.41) is 0. The fourth-order valence-electron chi connectivity index (χ4n) is 0. The maximum Gasteiger partial charge on any atom is 0 e. The van der Waals surface area contributed by atoms with E-state index in [2.05, 4.69) is 0 Å². The molecule has 0 N–H and O–H groups in total. The average molecular weight is 546 g/mol. The SMILES string of the molecule is [Ir].[SbH3].[Ta].[Ti]. The molecule has 0 aromatic carbocycles. The van der Waals surface area contributed by atoms with Gasteiger partial charge < -0.3 is 0 Å². The van der Waals surface area contributed by atoms with Gasteiger partial charge in [0.25, 0.3) is 0 Å². The predicted molar refractivity (Wildman–Crippen MR) is 9.94 cm³/mol. The van der Waals surface area contributed by atoms with Gasteiger partial charge in [0, 0.05) is 64.2 Å². The van der Waals surface area contributed by atoms with Crippen LogP contribution < -0.4 is 0 Å². The van der Waals surface area contributed by atoms with Crippen molar-refractivity contribution < 1.29 is 64.2 Å². The van der Waals surface area contributed by atoms with Crippen LogP contribution in [0.2, 0.25) is 0 Å². The number of rotatable bonds is 0. The van der Waals surface area contributed by atoms with Crippen LogP contribution in [0.3, 0.4) is 0 Å². The molecule has 0 heterocycles. The molecule has 0 fully saturated rings. The molecule has 0 saturated heterocycles. The third kappa shape index (κ3) is 8.87. The van der Waals surface area contributed by atoms with Crippen LogP contribution in [0.4, 0.5) is 0 Å². The van der Waals surface area contributed by atoms with Crippen LogP contribution in [0.5, 0.6) is 0 Å². The first kappa shape index (κ1) is 28.4. The van der Waals surface area contributed by atoms with E-state index in [0.717, 1.165) is 0 Å². The summed E-state index contributed by atoms with van der Waals surface area (Å²) in [5.41, 5.74) is 0. The maximum absolute atomic E-state index is 0. The van der Waals surface area contributed by atoms with Gasteiger partial charge in [0.05, 0.1) is 0 Å². The van der Waals surface area contributed by atoms with Crippen molar-refractivity contribution in [2.24, 2.45) is 0 Å². The van der Waals surface area contributed by atoms with Crippen LogP contribution in [-0.2, 0) is 64.2 Å². The Morgan fingerprint density at radius 2 is 1.00 bits per heavy atom. The zero-order chi connectivity index (χ0) is 0. The summed E-state index contributed by atoms with van der Waals surface area (Å²) in [4.78, 5) is 0. The van der Waals surface area contributed by atoms with Crippen molar-refractivity contribution in [2.45, 2.75) is 0 Å². The molecule has 0 amide bonds. The Hall–Kier alpha value is 2.92. The molecule has 0 atom stereocenters. The molecule has 0 aliphatic rings. The van der Waals surface area contributed by atoms with Gasteiger partial charge in [0.15, 0.2) is 0 Å². The Morgan fingerprint density at radius 1 is 1.00 bits per heavy atom. The van der Waals surface area contributed by atoms with Gasteiger partial charge in [-0.05, 0) is 0 Å². The van der Waals surface area contributed by atoms with E-state index in [4.69, 9.17) is 0 Å². The van der Waals surface area contributed by atoms with Crippen LogP contribution in [0.25, 0.3) is 0 Å². The van der Waals surface area contributed by atoms with Crippen LogP contribution in [0.1, 0.15) is 0 Å². The van der Waals surface area contributed by atoms with E-state index in [-0.39, 0.29) is 88.6 Å². The van der Waals surface area contributed by atoms with Gasteiger partial charge in [-0.2, -0.15) is 0 Å². The summed E-state index contributed by atoms with van der Waals surface area (Å²) in [5.74, 6) is 0. The van der Waals surface area contributed by atoms with Gasteiger partial charge in [-0.15, -0.1) is 0 Å². The molecular weight excluding hydrogens is 543 g/mol. The normalized spacial score (nSPS) is 0. The van der Waals surface area contributed by atoms with Crippen LogP contribution >= 0.6 is 0 Å². The zero-order valence-electron chi connectivity index (χ0n) is 1.99. The van der Waals surface area contributed by atoms with Gasteiger partial charge in [0.2, 0.25) is 0 Å². The quantitative estimate of drug-likeness (QED) is 0.336. The Balaban J connectivity index is 0. The predicted octanol–water partition coefficient (Wildman–Crippen LogP) is -1.19. The van der Waals surface area contributed by atoms with E-state index in [1.54, 1.807) is 0 Å². The molecule has 0 aromatic heterocycles. The molecule has 0 spiro atoms. The largest absolute Gasteiger partial charge is 0 e. The Bertz CT molecular complexity index is 8.00. The molecule has 0 unspecified atom stereocenters. The first-order chi connectivity index (χ1) is 0. The van der Waals surface area contributed by atoms with E-state index < -0.39 is 0 Å². The number of hydrogen-bond donors (Lipinski definition) is 0. The second-order valence-electron chi connectivity index (χ2n) is 0. The molecule has 0 aromatic rings. The van der Waals surface area contributed by atoms with Crippen molar-refractivity contribution in [1.29, 1.82) is 0 Å². The second kappa shape index (κ2) is 16.8. The summed E-state index contributed by atoms with van der Waals surface area (Å²) in [7, 11) is 0. The molecule has 0 saturated carbocycles. The smallest absolute Gasteiger partial charge is 0 e. The molecular formula is H3IrSbTaTi. The standard InChI is InChI=1S/Ir.Sb.Ta.Ti.3H. The Morgan fingerprint density at radius 3 is 1.00 bits per heavy atom. The third-order valence-corrected chi connectivity index (χ3v) is 0. The summed E-state index contributed by atoms with van der Waals surface area (Å²) < 4.78 is 0. The van der Waals surface area contributed by atoms with E-state index in [1.807, 2.05) is 0 Å². The van der Waals surface area contributed by atoms with E-state index in [0.29, 0.717) is 0 Å². The average Bonchev–Trinajstić information content (AvgIpc) is 0. The van der Waals surface area contributed by atoms with Gasteiger partial charge in [0.1, 0.15) is 0 Å². The molecule has 0 aliphatic heterocycles. The van der Waals surface area contributed by atoms with Gasteiger partial charge in [-0.3, -0.25) is 0 Å². The summed E-state index contributed by atoms with van der Waals surface area (Å²) in [6.45, 7) is 0. The third-order valence-electron chi connectivity index (χ3n) is 0. The first-order valence-electron chi connectivity index (χ1n) is 0. The summed E-state index contributed by atoms with van der Waals surface area (Å²) in [6.07, 6.45) is 0. The van der Waals surface area contributed by atoms with E-state index in [9.17, 15) is 0 Å². The molecule has 0 aliphatic carbocycles. The molecule has 2 radical (unpaired) electrons. The van der Waals surface area contributed by atoms with Crippen molar-refractivity contribution in [1.82, 2.24) is 0 Å². The number of hydrogen-bond acceptors (Lipinski definition) is 0. The zero-order valence-corrected chi connectivity index (χ0v) is 13.2. The minimum atomic E-state index is 0. The van der Waals surface area contributed by atoms with Crippen LogP contribution in [0, 0.1) is 0 Å². The van der Waals surface area contributed by atoms with Gasteiger partial charge in [-0.25, -0.2) is 0 Å². The van der Waals surface area contributed by atoms with E-state index >= 15 is 0 Å². The molecule has 0 rings (SSSR count). The van der Waals surface area contributed by atoms with Crippen molar-refractivity contribution in [3.8, 4) is 0 Å². The summed E-state index contributed by atoms with van der Waals surface area (Å²) >= 11 is 0. The minimum Gasteiger partial charge on any atom is 0 e. The second-order valence-corrected chi connectivity index (χ2v) is 0. The monoisotopic (exact) mass is 546 g/mol. The topological polar surface area (TPSA) is 0 Å². The molecule has 4 heteroatoms. The van der Waals surface area contributed by atoms with Gasteiger partial charge >= 0.3 is 24.4 Å². The first-order valence-corrected chi connectivity index (χ1v) is 0.